The first-order valence-electron chi connectivity index (χ1n) is 7.70. The first-order valence-corrected chi connectivity index (χ1v) is 7.70. The second-order valence-corrected chi connectivity index (χ2v) is 5.52. The van der Waals surface area contributed by atoms with E-state index in [0.717, 1.165) is 5.56 Å². The molecule has 0 radical (unpaired) electrons. The molecule has 1 heterocycles. The summed E-state index contributed by atoms with van der Waals surface area (Å²) in [6, 6.07) is 11.1. The number of anilines is 2. The lowest BCUT2D eigenvalue weighted by Gasteiger charge is -2.22. The van der Waals surface area contributed by atoms with Crippen LogP contribution in [0.4, 0.5) is 15.8 Å². The van der Waals surface area contributed by atoms with Gasteiger partial charge in [-0.15, -0.1) is 0 Å². The summed E-state index contributed by atoms with van der Waals surface area (Å²) in [6.45, 7) is 1.81. The average molecular weight is 328 g/mol. The number of nitrogens with one attached hydrogen (secondary N) is 2. The fourth-order valence-corrected chi connectivity index (χ4v) is 2.70. The molecule has 2 aromatic rings. The Morgan fingerprint density at radius 1 is 1.29 bits per heavy atom. The van der Waals surface area contributed by atoms with E-state index in [9.17, 15) is 14.0 Å². The fourth-order valence-electron chi connectivity index (χ4n) is 2.70. The molecular weight excluding hydrogens is 311 g/mol. The molecule has 2 amide bonds. The SMILES string of the molecule is CCC(C(=O)Nc1cccc2c1OCC(=O)N2)c1ccc(F)cc1. The van der Waals surface area contributed by atoms with Gasteiger partial charge >= 0.3 is 0 Å². The van der Waals surface area contributed by atoms with Crippen LogP contribution < -0.4 is 15.4 Å². The molecule has 124 valence electrons. The van der Waals surface area contributed by atoms with Gasteiger partial charge < -0.3 is 15.4 Å². The standard InChI is InChI=1S/C18H17FN2O3/c1-2-13(11-6-8-12(19)9-7-11)18(23)21-15-5-3-4-14-17(15)24-10-16(22)20-14/h3-9,13H,2,10H2,1H3,(H,20,22)(H,21,23). The summed E-state index contributed by atoms with van der Waals surface area (Å²) in [7, 11) is 0. The quantitative estimate of drug-likeness (QED) is 0.905. The number of para-hydroxylation sites is 1. The monoisotopic (exact) mass is 328 g/mol. The van der Waals surface area contributed by atoms with Crippen molar-refractivity contribution in [2.75, 3.05) is 17.2 Å². The van der Waals surface area contributed by atoms with Gasteiger partial charge in [-0.05, 0) is 36.2 Å². The second-order valence-electron chi connectivity index (χ2n) is 5.52. The number of hydrogen-bond donors (Lipinski definition) is 2. The molecule has 1 unspecified atom stereocenters. The smallest absolute Gasteiger partial charge is 0.262 e. The van der Waals surface area contributed by atoms with Crippen LogP contribution in [0.15, 0.2) is 42.5 Å². The van der Waals surface area contributed by atoms with Crippen molar-refractivity contribution in [2.24, 2.45) is 0 Å². The number of carbonyl (C=O) groups excluding carboxylic acids is 2. The molecule has 0 aliphatic carbocycles. The summed E-state index contributed by atoms with van der Waals surface area (Å²) < 4.78 is 18.5. The first kappa shape index (κ1) is 16.0. The van der Waals surface area contributed by atoms with E-state index in [1.54, 1.807) is 30.3 Å². The predicted molar refractivity (Wildman–Crippen MR) is 88.6 cm³/mol. The molecule has 2 aromatic carbocycles. The van der Waals surface area contributed by atoms with E-state index in [2.05, 4.69) is 10.6 Å². The number of carbonyl (C=O) groups is 2. The molecule has 0 fully saturated rings. The third kappa shape index (κ3) is 3.22. The molecule has 24 heavy (non-hydrogen) atoms. The predicted octanol–water partition coefficient (Wildman–Crippen LogP) is 3.29. The Morgan fingerprint density at radius 2 is 2.04 bits per heavy atom. The lowest BCUT2D eigenvalue weighted by Crippen LogP contribution is -2.27. The molecule has 1 aliphatic heterocycles. The van der Waals surface area contributed by atoms with Gasteiger partial charge in [0.25, 0.3) is 5.91 Å². The van der Waals surface area contributed by atoms with E-state index in [4.69, 9.17) is 4.74 Å². The van der Waals surface area contributed by atoms with Crippen molar-refractivity contribution in [3.05, 3.63) is 53.8 Å². The minimum atomic E-state index is -0.403. The number of fused-ring (bicyclic) bond motifs is 1. The van der Waals surface area contributed by atoms with Crippen LogP contribution >= 0.6 is 0 Å². The highest BCUT2D eigenvalue weighted by molar-refractivity contribution is 6.01. The lowest BCUT2D eigenvalue weighted by molar-refractivity contribution is -0.118. The van der Waals surface area contributed by atoms with Crippen LogP contribution in [0.1, 0.15) is 24.8 Å². The van der Waals surface area contributed by atoms with Crippen molar-refractivity contribution in [1.29, 1.82) is 0 Å². The third-order valence-corrected chi connectivity index (χ3v) is 3.89. The van der Waals surface area contributed by atoms with Gasteiger partial charge in [-0.3, -0.25) is 9.59 Å². The Hall–Kier alpha value is -2.89. The Morgan fingerprint density at radius 3 is 2.75 bits per heavy atom. The maximum atomic E-state index is 13.1. The van der Waals surface area contributed by atoms with Crippen LogP contribution in [-0.2, 0) is 9.59 Å². The zero-order chi connectivity index (χ0) is 17.1. The normalized spacial score (nSPS) is 14.2. The summed E-state index contributed by atoms with van der Waals surface area (Å²) in [4.78, 5) is 24.0. The molecule has 0 spiro atoms. The highest BCUT2D eigenvalue weighted by Crippen LogP contribution is 2.36. The van der Waals surface area contributed by atoms with Crippen LogP contribution in [0.5, 0.6) is 5.75 Å². The van der Waals surface area contributed by atoms with Crippen molar-refractivity contribution in [3.8, 4) is 5.75 Å². The molecule has 0 saturated carbocycles. The number of halogens is 1. The van der Waals surface area contributed by atoms with Gasteiger partial charge in [0.1, 0.15) is 5.82 Å². The largest absolute Gasteiger partial charge is 0.479 e. The van der Waals surface area contributed by atoms with Crippen molar-refractivity contribution < 1.29 is 18.7 Å². The van der Waals surface area contributed by atoms with Crippen molar-refractivity contribution in [1.82, 2.24) is 0 Å². The number of ether oxygens (including phenoxy) is 1. The van der Waals surface area contributed by atoms with Crippen molar-refractivity contribution >= 4 is 23.2 Å². The molecule has 1 atom stereocenters. The molecule has 0 aromatic heterocycles. The minimum Gasteiger partial charge on any atom is -0.479 e. The fraction of sp³-hybridized carbons (Fsp3) is 0.222. The summed E-state index contributed by atoms with van der Waals surface area (Å²) in [5, 5.41) is 5.54. The third-order valence-electron chi connectivity index (χ3n) is 3.89. The molecule has 3 rings (SSSR count). The maximum absolute atomic E-state index is 13.1. The highest BCUT2D eigenvalue weighted by atomic mass is 19.1. The highest BCUT2D eigenvalue weighted by Gasteiger charge is 2.23. The zero-order valence-electron chi connectivity index (χ0n) is 13.1. The summed E-state index contributed by atoms with van der Waals surface area (Å²) in [5.41, 5.74) is 1.77. The zero-order valence-corrected chi connectivity index (χ0v) is 13.1. The summed E-state index contributed by atoms with van der Waals surface area (Å²) >= 11 is 0. The average Bonchev–Trinajstić information content (AvgIpc) is 2.57. The van der Waals surface area contributed by atoms with E-state index in [1.165, 1.54) is 12.1 Å². The Labute approximate surface area is 138 Å². The van der Waals surface area contributed by atoms with E-state index in [-0.39, 0.29) is 24.2 Å². The molecule has 0 bridgehead atoms. The van der Waals surface area contributed by atoms with Crippen molar-refractivity contribution in [3.63, 3.8) is 0 Å². The van der Waals surface area contributed by atoms with Gasteiger partial charge in [-0.2, -0.15) is 0 Å². The number of rotatable bonds is 4. The van der Waals surface area contributed by atoms with E-state index >= 15 is 0 Å². The van der Waals surface area contributed by atoms with Gasteiger partial charge in [-0.25, -0.2) is 4.39 Å². The van der Waals surface area contributed by atoms with E-state index < -0.39 is 5.92 Å². The maximum Gasteiger partial charge on any atom is 0.262 e. The van der Waals surface area contributed by atoms with Gasteiger partial charge in [0.2, 0.25) is 5.91 Å². The molecule has 6 heteroatoms. The Bertz CT molecular complexity index is 774. The first-order chi connectivity index (χ1) is 11.6. The van der Waals surface area contributed by atoms with Crippen LogP contribution in [0.2, 0.25) is 0 Å². The van der Waals surface area contributed by atoms with Crippen LogP contribution in [0.3, 0.4) is 0 Å². The minimum absolute atomic E-state index is 0.0882. The van der Waals surface area contributed by atoms with Crippen molar-refractivity contribution in [2.45, 2.75) is 19.3 Å². The van der Waals surface area contributed by atoms with Crippen LogP contribution in [0, 0.1) is 5.82 Å². The number of amides is 2. The molecular formula is C18H17FN2O3. The summed E-state index contributed by atoms with van der Waals surface area (Å²) in [6.07, 6.45) is 0.573. The summed E-state index contributed by atoms with van der Waals surface area (Å²) in [5.74, 6) is -0.740. The van der Waals surface area contributed by atoms with E-state index in [1.807, 2.05) is 6.92 Å². The number of benzene rings is 2. The molecule has 0 saturated heterocycles. The van der Waals surface area contributed by atoms with E-state index in [0.29, 0.717) is 23.5 Å². The Kier molecular flexibility index (Phi) is 4.46. The van der Waals surface area contributed by atoms with Gasteiger partial charge in [0, 0.05) is 0 Å². The number of hydrogen-bond acceptors (Lipinski definition) is 3. The topological polar surface area (TPSA) is 67.4 Å². The van der Waals surface area contributed by atoms with Gasteiger partial charge in [0.15, 0.2) is 12.4 Å². The van der Waals surface area contributed by atoms with Gasteiger partial charge in [-0.1, -0.05) is 25.1 Å². The van der Waals surface area contributed by atoms with Crippen LogP contribution in [0.25, 0.3) is 0 Å². The van der Waals surface area contributed by atoms with Crippen LogP contribution in [-0.4, -0.2) is 18.4 Å². The molecule has 5 nitrogen and oxygen atoms in total. The molecule has 1 aliphatic rings. The Balaban J connectivity index is 1.82. The van der Waals surface area contributed by atoms with Gasteiger partial charge in [0.05, 0.1) is 17.3 Å². The molecule has 2 N–H and O–H groups in total. The lowest BCUT2D eigenvalue weighted by atomic mass is 9.95. The second kappa shape index (κ2) is 6.70.